The minimum absolute atomic E-state index is 0.194. The van der Waals surface area contributed by atoms with Crippen LogP contribution in [-0.2, 0) is 24.2 Å². The molecule has 2 aromatic heterocycles. The van der Waals surface area contributed by atoms with E-state index in [1.165, 1.54) is 0 Å². The van der Waals surface area contributed by atoms with E-state index in [9.17, 15) is 14.7 Å². The normalized spacial score (nSPS) is 16.0. The zero-order valence-corrected chi connectivity index (χ0v) is 28.4. The number of rotatable bonds is 13. The van der Waals surface area contributed by atoms with Crippen molar-refractivity contribution in [2.45, 2.75) is 77.7 Å². The smallest absolute Gasteiger partial charge is 0.321 e. The van der Waals surface area contributed by atoms with Crippen LogP contribution in [0.25, 0.3) is 11.3 Å². The molecule has 9 heteroatoms. The van der Waals surface area contributed by atoms with Crippen molar-refractivity contribution in [1.82, 2.24) is 25.1 Å². The van der Waals surface area contributed by atoms with E-state index in [0.29, 0.717) is 38.9 Å². The Hall–Kier alpha value is -4.60. The molecule has 1 fully saturated rings. The summed E-state index contributed by atoms with van der Waals surface area (Å²) in [5, 5.41) is 14.8. The molecule has 1 aliphatic rings. The van der Waals surface area contributed by atoms with Crippen molar-refractivity contribution in [2.24, 2.45) is 11.1 Å². The summed E-state index contributed by atoms with van der Waals surface area (Å²) in [4.78, 5) is 40.4. The highest BCUT2D eigenvalue weighted by Crippen LogP contribution is 2.29. The van der Waals surface area contributed by atoms with E-state index in [-0.39, 0.29) is 18.0 Å². The van der Waals surface area contributed by atoms with Gasteiger partial charge in [-0.15, -0.1) is 0 Å². The molecule has 2 aromatic carbocycles. The number of aliphatic hydroxyl groups is 1. The molecule has 0 bridgehead atoms. The fourth-order valence-corrected chi connectivity index (χ4v) is 6.49. The average molecular weight is 649 g/mol. The number of hydrogen-bond donors (Lipinski definition) is 3. The number of aliphatic hydroxyl groups excluding tert-OH is 1. The van der Waals surface area contributed by atoms with E-state index in [1.54, 1.807) is 16.0 Å². The maximum absolute atomic E-state index is 14.3. The molecular formula is C39H48N6O3. The van der Waals surface area contributed by atoms with E-state index in [1.807, 2.05) is 119 Å². The lowest BCUT2D eigenvalue weighted by atomic mass is 9.84. The third-order valence-electron chi connectivity index (χ3n) is 8.85. The maximum atomic E-state index is 14.3. The van der Waals surface area contributed by atoms with Crippen molar-refractivity contribution in [2.75, 3.05) is 13.1 Å². The van der Waals surface area contributed by atoms with Gasteiger partial charge in [-0.25, -0.2) is 4.79 Å². The fraction of sp³-hybridized carbons (Fsp3) is 0.385. The minimum Gasteiger partial charge on any atom is -0.391 e. The Morgan fingerprint density at radius 3 is 2.29 bits per heavy atom. The van der Waals surface area contributed by atoms with Crippen molar-refractivity contribution < 1.29 is 14.7 Å². The van der Waals surface area contributed by atoms with Gasteiger partial charge in [0.2, 0.25) is 5.91 Å². The van der Waals surface area contributed by atoms with E-state index < -0.39 is 23.6 Å². The second kappa shape index (κ2) is 15.5. The molecule has 0 aliphatic carbocycles. The molecule has 4 atom stereocenters. The van der Waals surface area contributed by atoms with Gasteiger partial charge in [0.1, 0.15) is 6.04 Å². The van der Waals surface area contributed by atoms with Crippen LogP contribution in [0.4, 0.5) is 4.79 Å². The summed E-state index contributed by atoms with van der Waals surface area (Å²) in [5.41, 5.74) is 11.6. The van der Waals surface area contributed by atoms with Gasteiger partial charge in [-0.1, -0.05) is 87.5 Å². The molecule has 3 amide bonds. The summed E-state index contributed by atoms with van der Waals surface area (Å²) in [5.74, 6) is -0.294. The Bertz CT molecular complexity index is 1640. The van der Waals surface area contributed by atoms with Crippen LogP contribution in [0.3, 0.4) is 0 Å². The van der Waals surface area contributed by atoms with Crippen LogP contribution in [0.5, 0.6) is 0 Å². The molecule has 1 unspecified atom stereocenters. The minimum atomic E-state index is -0.915. The molecule has 0 radical (unpaired) electrons. The van der Waals surface area contributed by atoms with Gasteiger partial charge in [0, 0.05) is 36.6 Å². The topological polar surface area (TPSA) is 125 Å². The molecule has 1 saturated heterocycles. The number of hydrogen-bond acceptors (Lipinski definition) is 6. The SMILES string of the molecule is Cc1cccc(CN2CCN(C(C(=O)N[C@@H](Cc3ccc(-c4ccccn4)cc3)[C@@H](O)C[C@@H](N)Cc3ccccc3)C(C)(C)C)C2=O)n1. The zero-order valence-electron chi connectivity index (χ0n) is 28.4. The predicted octanol–water partition coefficient (Wildman–Crippen LogP) is 5.15. The number of nitrogens with zero attached hydrogens (tertiary/aromatic N) is 4. The lowest BCUT2D eigenvalue weighted by Crippen LogP contribution is -2.58. The number of carbonyl (C=O) groups is 2. The zero-order chi connectivity index (χ0) is 34.3. The highest BCUT2D eigenvalue weighted by atomic mass is 16.3. The first-order valence-electron chi connectivity index (χ1n) is 16.7. The number of aryl methyl sites for hydroxylation is 1. The van der Waals surface area contributed by atoms with E-state index in [0.717, 1.165) is 33.8 Å². The van der Waals surface area contributed by atoms with Gasteiger partial charge in [0.25, 0.3) is 0 Å². The Balaban J connectivity index is 1.34. The summed E-state index contributed by atoms with van der Waals surface area (Å²) < 4.78 is 0. The first-order chi connectivity index (χ1) is 23.0. The first-order valence-corrected chi connectivity index (χ1v) is 16.7. The second-order valence-corrected chi connectivity index (χ2v) is 13.9. The lowest BCUT2D eigenvalue weighted by molar-refractivity contribution is -0.130. The summed E-state index contributed by atoms with van der Waals surface area (Å²) in [7, 11) is 0. The first kappa shape index (κ1) is 34.7. The van der Waals surface area contributed by atoms with Gasteiger partial charge >= 0.3 is 6.03 Å². The van der Waals surface area contributed by atoms with E-state index in [4.69, 9.17) is 5.73 Å². The standard InChI is InChI=1S/C39H48N6O3/c1-27-11-10-14-32(42-27)26-44-21-22-45(38(44)48)36(39(2,3)4)37(47)43-34(35(46)25-31(40)23-28-12-6-5-7-13-28)24-29-16-18-30(19-17-29)33-15-8-9-20-41-33/h5-20,31,34-36,46H,21-26,40H2,1-4H3,(H,43,47)/t31-,34-,35-,36?/m0/s1. The number of benzene rings is 2. The Morgan fingerprint density at radius 1 is 0.917 bits per heavy atom. The number of carbonyl (C=O) groups excluding carboxylic acids is 2. The summed E-state index contributed by atoms with van der Waals surface area (Å²) in [6, 6.07) is 27.6. The van der Waals surface area contributed by atoms with Crippen LogP contribution in [-0.4, -0.2) is 74.1 Å². The number of nitrogens with two attached hydrogens (primary N) is 1. The van der Waals surface area contributed by atoms with E-state index in [2.05, 4.69) is 15.3 Å². The van der Waals surface area contributed by atoms with Gasteiger partial charge in [0.15, 0.2) is 0 Å². The highest BCUT2D eigenvalue weighted by Gasteiger charge is 2.44. The van der Waals surface area contributed by atoms with Crippen molar-refractivity contribution in [3.05, 3.63) is 120 Å². The number of nitrogens with one attached hydrogen (secondary N) is 1. The van der Waals surface area contributed by atoms with Crippen molar-refractivity contribution >= 4 is 11.9 Å². The van der Waals surface area contributed by atoms with Crippen molar-refractivity contribution in [1.29, 1.82) is 0 Å². The van der Waals surface area contributed by atoms with Gasteiger partial charge in [-0.2, -0.15) is 0 Å². The summed E-state index contributed by atoms with van der Waals surface area (Å²) >= 11 is 0. The third kappa shape index (κ3) is 9.05. The quantitative estimate of drug-likeness (QED) is 0.184. The Labute approximate surface area is 284 Å². The molecule has 4 N–H and O–H groups in total. The molecule has 252 valence electrons. The van der Waals surface area contributed by atoms with Gasteiger partial charge in [0.05, 0.1) is 30.1 Å². The molecule has 4 aromatic rings. The van der Waals surface area contributed by atoms with Crippen LogP contribution in [0, 0.1) is 12.3 Å². The van der Waals surface area contributed by atoms with Crippen LogP contribution in [0.15, 0.2) is 97.2 Å². The van der Waals surface area contributed by atoms with Gasteiger partial charge in [-0.05, 0) is 67.0 Å². The molecule has 48 heavy (non-hydrogen) atoms. The molecule has 3 heterocycles. The van der Waals surface area contributed by atoms with Gasteiger partial charge in [-0.3, -0.25) is 14.8 Å². The largest absolute Gasteiger partial charge is 0.391 e. The molecule has 5 rings (SSSR count). The predicted molar refractivity (Wildman–Crippen MR) is 189 cm³/mol. The number of pyridine rings is 2. The second-order valence-electron chi connectivity index (χ2n) is 13.9. The fourth-order valence-electron chi connectivity index (χ4n) is 6.49. The Morgan fingerprint density at radius 2 is 1.62 bits per heavy atom. The molecule has 1 aliphatic heterocycles. The molecule has 9 nitrogen and oxygen atoms in total. The van der Waals surface area contributed by atoms with E-state index >= 15 is 0 Å². The molecular weight excluding hydrogens is 600 g/mol. The maximum Gasteiger partial charge on any atom is 0.321 e. The molecule has 0 spiro atoms. The summed E-state index contributed by atoms with van der Waals surface area (Å²) in [6.45, 7) is 9.12. The van der Waals surface area contributed by atoms with Crippen LogP contribution < -0.4 is 11.1 Å². The van der Waals surface area contributed by atoms with Crippen LogP contribution in [0.1, 0.15) is 49.7 Å². The average Bonchev–Trinajstić information content (AvgIpc) is 3.39. The number of amides is 3. The van der Waals surface area contributed by atoms with Gasteiger partial charge < -0.3 is 26.0 Å². The Kier molecular flexibility index (Phi) is 11.2. The van der Waals surface area contributed by atoms with Crippen LogP contribution in [0.2, 0.25) is 0 Å². The lowest BCUT2D eigenvalue weighted by Gasteiger charge is -2.38. The molecule has 0 saturated carbocycles. The monoisotopic (exact) mass is 648 g/mol. The third-order valence-corrected chi connectivity index (χ3v) is 8.85. The van der Waals surface area contributed by atoms with Crippen molar-refractivity contribution in [3.8, 4) is 11.3 Å². The van der Waals surface area contributed by atoms with Crippen LogP contribution >= 0.6 is 0 Å². The van der Waals surface area contributed by atoms with Crippen molar-refractivity contribution in [3.63, 3.8) is 0 Å². The number of aromatic nitrogens is 2. The summed E-state index contributed by atoms with van der Waals surface area (Å²) in [6.07, 6.45) is 2.15. The number of urea groups is 1. The highest BCUT2D eigenvalue weighted by molar-refractivity contribution is 5.89.